The Kier molecular flexibility index (Phi) is 7.77. The summed E-state index contributed by atoms with van der Waals surface area (Å²) in [6.07, 6.45) is 13.3. The quantitative estimate of drug-likeness (QED) is 0.242. The molecular formula is C40H43ClN2. The molecule has 3 heteroatoms. The maximum Gasteiger partial charge on any atom is 0.0469 e. The van der Waals surface area contributed by atoms with Gasteiger partial charge in [0.25, 0.3) is 0 Å². The van der Waals surface area contributed by atoms with Crippen LogP contribution in [0.25, 0.3) is 21.5 Å². The zero-order valence-electron chi connectivity index (χ0n) is 26.4. The molecule has 0 amide bonds. The van der Waals surface area contributed by atoms with Gasteiger partial charge < -0.3 is 10.2 Å². The monoisotopic (exact) mass is 586 g/mol. The Bertz CT molecular complexity index is 1830. The predicted molar refractivity (Wildman–Crippen MR) is 189 cm³/mol. The van der Waals surface area contributed by atoms with E-state index in [9.17, 15) is 0 Å². The molecule has 0 saturated carbocycles. The average Bonchev–Trinajstić information content (AvgIpc) is 3.20. The Hall–Kier alpha value is -3.75. The highest BCUT2D eigenvalue weighted by Gasteiger charge is 2.39. The Morgan fingerprint density at radius 2 is 1.56 bits per heavy atom. The third-order valence-electron chi connectivity index (χ3n) is 9.62. The molecule has 43 heavy (non-hydrogen) atoms. The van der Waals surface area contributed by atoms with E-state index in [1.807, 2.05) is 7.05 Å². The summed E-state index contributed by atoms with van der Waals surface area (Å²) in [6, 6.07) is 26.3. The number of hydrogen-bond donors (Lipinski definition) is 1. The highest BCUT2D eigenvalue weighted by Crippen LogP contribution is 2.50. The van der Waals surface area contributed by atoms with Crippen LogP contribution < -0.4 is 10.2 Å². The van der Waals surface area contributed by atoms with Crippen LogP contribution in [-0.2, 0) is 10.8 Å². The number of likely N-dealkylation sites (N-methyl/N-ethyl adjacent to an activating group) is 1. The molecule has 2 aliphatic rings. The highest BCUT2D eigenvalue weighted by atomic mass is 35.5. The zero-order valence-corrected chi connectivity index (χ0v) is 27.1. The van der Waals surface area contributed by atoms with Crippen LogP contribution in [0.15, 0.2) is 119 Å². The number of halogens is 1. The summed E-state index contributed by atoms with van der Waals surface area (Å²) in [5, 5.41) is 9.58. The Labute approximate surface area is 262 Å². The summed E-state index contributed by atoms with van der Waals surface area (Å²) in [7, 11) is 4.21. The van der Waals surface area contributed by atoms with Crippen molar-refractivity contribution in [3.63, 3.8) is 0 Å². The van der Waals surface area contributed by atoms with Crippen molar-refractivity contribution in [2.75, 3.05) is 24.3 Å². The molecular weight excluding hydrogens is 544 g/mol. The van der Waals surface area contributed by atoms with Gasteiger partial charge in [0.15, 0.2) is 0 Å². The number of allylic oxidation sites excluding steroid dienone is 8. The van der Waals surface area contributed by atoms with E-state index in [4.69, 9.17) is 11.6 Å². The summed E-state index contributed by atoms with van der Waals surface area (Å²) < 4.78 is 0. The van der Waals surface area contributed by atoms with Crippen molar-refractivity contribution in [1.29, 1.82) is 0 Å². The average molecular weight is 587 g/mol. The first kappa shape index (κ1) is 29.3. The van der Waals surface area contributed by atoms with Gasteiger partial charge in [-0.25, -0.2) is 0 Å². The number of anilines is 2. The van der Waals surface area contributed by atoms with Gasteiger partial charge >= 0.3 is 0 Å². The van der Waals surface area contributed by atoms with Crippen LogP contribution in [0.3, 0.4) is 0 Å². The second kappa shape index (κ2) is 11.4. The summed E-state index contributed by atoms with van der Waals surface area (Å²) in [6.45, 7) is 9.37. The minimum atomic E-state index is -0.102. The van der Waals surface area contributed by atoms with Crippen molar-refractivity contribution in [2.45, 2.75) is 64.2 Å². The van der Waals surface area contributed by atoms with E-state index in [1.54, 1.807) is 0 Å². The van der Waals surface area contributed by atoms with Crippen LogP contribution in [0.5, 0.6) is 0 Å². The lowest BCUT2D eigenvalue weighted by Crippen LogP contribution is -2.22. The summed E-state index contributed by atoms with van der Waals surface area (Å²) >= 11 is 7.11. The van der Waals surface area contributed by atoms with Gasteiger partial charge in [0, 0.05) is 41.6 Å². The molecule has 0 fully saturated rings. The van der Waals surface area contributed by atoms with E-state index in [1.165, 1.54) is 60.9 Å². The van der Waals surface area contributed by atoms with E-state index in [0.29, 0.717) is 0 Å². The molecule has 0 saturated heterocycles. The van der Waals surface area contributed by atoms with Crippen molar-refractivity contribution in [2.24, 2.45) is 0 Å². The van der Waals surface area contributed by atoms with Gasteiger partial charge in [-0.1, -0.05) is 118 Å². The van der Waals surface area contributed by atoms with Gasteiger partial charge in [-0.05, 0) is 93.1 Å². The molecule has 1 N–H and O–H groups in total. The minimum absolute atomic E-state index is 0.0433. The van der Waals surface area contributed by atoms with Gasteiger partial charge in [-0.3, -0.25) is 0 Å². The Balaban J connectivity index is 1.27. The van der Waals surface area contributed by atoms with Crippen LogP contribution in [0.1, 0.15) is 64.5 Å². The second-order valence-electron chi connectivity index (χ2n) is 13.3. The molecule has 0 aromatic heterocycles. The van der Waals surface area contributed by atoms with Crippen LogP contribution in [0, 0.1) is 0 Å². The highest BCUT2D eigenvalue weighted by molar-refractivity contribution is 6.32. The first-order valence-corrected chi connectivity index (χ1v) is 15.9. The molecule has 1 aliphatic carbocycles. The maximum atomic E-state index is 7.11. The van der Waals surface area contributed by atoms with E-state index < -0.39 is 0 Å². The molecule has 6 rings (SSSR count). The van der Waals surface area contributed by atoms with Crippen molar-refractivity contribution in [3.8, 4) is 0 Å². The lowest BCUT2D eigenvalue weighted by molar-refractivity contribution is 0.540. The number of nitrogens with zero attached hydrogens (tertiary/aromatic N) is 1. The summed E-state index contributed by atoms with van der Waals surface area (Å²) in [5.74, 6) is 0. The summed E-state index contributed by atoms with van der Waals surface area (Å²) in [5.41, 5.74) is 8.89. The van der Waals surface area contributed by atoms with Crippen LogP contribution in [0.2, 0.25) is 0 Å². The van der Waals surface area contributed by atoms with E-state index in [-0.39, 0.29) is 10.8 Å². The third-order valence-corrected chi connectivity index (χ3v) is 10.1. The molecule has 0 spiro atoms. The van der Waals surface area contributed by atoms with Crippen LogP contribution in [0.4, 0.5) is 11.4 Å². The molecule has 220 valence electrons. The fourth-order valence-corrected chi connectivity index (χ4v) is 7.70. The number of hydrogen-bond acceptors (Lipinski definition) is 2. The zero-order chi connectivity index (χ0) is 30.4. The fourth-order valence-electron chi connectivity index (χ4n) is 7.39. The number of benzene rings is 4. The van der Waals surface area contributed by atoms with E-state index in [2.05, 4.69) is 142 Å². The minimum Gasteiger partial charge on any atom is -0.388 e. The van der Waals surface area contributed by atoms with Gasteiger partial charge in [-0.15, -0.1) is 0 Å². The molecule has 4 aromatic carbocycles. The molecule has 0 radical (unpaired) electrons. The standard InChI is InChI=1S/C40H43ClN2/c1-39(2,36-31-18-9-7-13-27(31)20-23-33(36)42-5)26-12-17-29-15-11-16-30(38(29)41)22-25-35-40(3,4)37-32-19-10-8-14-28(32)21-24-34(37)43(35)6/h7-10,12-14,17-25,42H,11,15-16,26H2,1-6H3/b17-12+,30-22+,35-25-. The largest absolute Gasteiger partial charge is 0.388 e. The lowest BCUT2D eigenvalue weighted by Gasteiger charge is -2.28. The molecule has 2 nitrogen and oxygen atoms in total. The maximum absolute atomic E-state index is 7.11. The van der Waals surface area contributed by atoms with E-state index in [0.717, 1.165) is 30.7 Å². The SMILES string of the molecule is CNc1ccc2ccccc2c1C(C)(C)C/C=C/C1=C(Cl)C(=C/C=C2\N(C)c3ccc4ccccc4c3C2(C)C)/CCC1. The molecule has 1 heterocycles. The first-order chi connectivity index (χ1) is 20.6. The number of rotatable bonds is 6. The topological polar surface area (TPSA) is 15.3 Å². The Morgan fingerprint density at radius 3 is 2.30 bits per heavy atom. The van der Waals surface area contributed by atoms with Crippen molar-refractivity contribution in [3.05, 3.63) is 130 Å². The van der Waals surface area contributed by atoms with Gasteiger partial charge in [0.2, 0.25) is 0 Å². The normalized spacial score (nSPS) is 18.9. The van der Waals surface area contributed by atoms with E-state index >= 15 is 0 Å². The molecule has 0 atom stereocenters. The van der Waals surface area contributed by atoms with Gasteiger partial charge in [0.1, 0.15) is 0 Å². The molecule has 4 aromatic rings. The van der Waals surface area contributed by atoms with Crippen LogP contribution >= 0.6 is 11.6 Å². The smallest absolute Gasteiger partial charge is 0.0469 e. The number of nitrogens with one attached hydrogen (secondary N) is 1. The third kappa shape index (κ3) is 5.21. The van der Waals surface area contributed by atoms with Gasteiger partial charge in [0.05, 0.1) is 0 Å². The predicted octanol–water partition coefficient (Wildman–Crippen LogP) is 11.2. The summed E-state index contributed by atoms with van der Waals surface area (Å²) in [4.78, 5) is 2.36. The number of fused-ring (bicyclic) bond motifs is 4. The lowest BCUT2D eigenvalue weighted by atomic mass is 9.77. The van der Waals surface area contributed by atoms with Crippen molar-refractivity contribution < 1.29 is 0 Å². The van der Waals surface area contributed by atoms with Gasteiger partial charge in [-0.2, -0.15) is 0 Å². The van der Waals surface area contributed by atoms with Crippen molar-refractivity contribution >= 4 is 44.5 Å². The fraction of sp³-hybridized carbons (Fsp3) is 0.300. The second-order valence-corrected chi connectivity index (χ2v) is 13.6. The Morgan fingerprint density at radius 1 is 0.884 bits per heavy atom. The molecule has 1 aliphatic heterocycles. The van der Waals surface area contributed by atoms with Crippen molar-refractivity contribution in [1.82, 2.24) is 0 Å². The molecule has 0 bridgehead atoms. The van der Waals surface area contributed by atoms with Crippen LogP contribution in [-0.4, -0.2) is 14.1 Å². The molecule has 0 unspecified atom stereocenters. The first-order valence-electron chi connectivity index (χ1n) is 15.6.